The van der Waals surface area contributed by atoms with Crippen molar-refractivity contribution in [2.45, 2.75) is 69.9 Å². The number of rotatable bonds is 2. The molecule has 2 fully saturated rings. The van der Waals surface area contributed by atoms with Gasteiger partial charge in [0.2, 0.25) is 0 Å². The van der Waals surface area contributed by atoms with Crippen molar-refractivity contribution in [1.29, 1.82) is 0 Å². The largest absolute Gasteiger partial charge is 0.387 e. The van der Waals surface area contributed by atoms with E-state index in [2.05, 4.69) is 4.90 Å². The molecule has 20 heavy (non-hydrogen) atoms. The van der Waals surface area contributed by atoms with Crippen LogP contribution in [0.4, 0.5) is 5.13 Å². The number of nitrogens with zero attached hydrogens (tertiary/aromatic N) is 2. The fourth-order valence-corrected chi connectivity index (χ4v) is 5.61. The Kier molecular flexibility index (Phi) is 3.47. The van der Waals surface area contributed by atoms with Gasteiger partial charge in [0.05, 0.1) is 11.8 Å². The average Bonchev–Trinajstić information content (AvgIpc) is 3.18. The monoisotopic (exact) mass is 292 g/mol. The Labute approximate surface area is 125 Å². The van der Waals surface area contributed by atoms with Crippen LogP contribution in [-0.4, -0.2) is 22.7 Å². The summed E-state index contributed by atoms with van der Waals surface area (Å²) in [5, 5.41) is 11.3. The highest BCUT2D eigenvalue weighted by molar-refractivity contribution is 7.15. The van der Waals surface area contributed by atoms with Crippen LogP contribution in [0.5, 0.6) is 0 Å². The summed E-state index contributed by atoms with van der Waals surface area (Å²) in [5.41, 5.74) is 0.994. The molecule has 4 rings (SSSR count). The second kappa shape index (κ2) is 5.30. The Balaban J connectivity index is 1.59. The van der Waals surface area contributed by atoms with Crippen molar-refractivity contribution in [2.24, 2.45) is 5.92 Å². The Hall–Kier alpha value is -0.610. The lowest BCUT2D eigenvalue weighted by atomic mass is 9.96. The van der Waals surface area contributed by atoms with Crippen molar-refractivity contribution in [1.82, 2.24) is 4.98 Å². The molecule has 2 unspecified atom stereocenters. The highest BCUT2D eigenvalue weighted by Gasteiger charge is 2.35. The lowest BCUT2D eigenvalue weighted by molar-refractivity contribution is 0.153. The maximum absolute atomic E-state index is 10.1. The van der Waals surface area contributed by atoms with E-state index in [-0.39, 0.29) is 6.10 Å². The first-order chi connectivity index (χ1) is 9.83. The van der Waals surface area contributed by atoms with E-state index in [1.54, 1.807) is 0 Å². The number of aryl methyl sites for hydroxylation is 1. The standard InChI is InChI=1S/C16H24N2OS/c19-13-8-3-9-14-15(13)17-16(20-14)18-10-4-7-12(18)11-5-1-2-6-11/h11-13,19H,1-10H2. The van der Waals surface area contributed by atoms with Gasteiger partial charge in [-0.05, 0) is 50.9 Å². The molecule has 110 valence electrons. The summed E-state index contributed by atoms with van der Waals surface area (Å²) in [5.74, 6) is 0.892. The van der Waals surface area contributed by atoms with Crippen LogP contribution in [0.25, 0.3) is 0 Å². The molecule has 1 aromatic heterocycles. The maximum Gasteiger partial charge on any atom is 0.186 e. The molecular weight excluding hydrogens is 268 g/mol. The van der Waals surface area contributed by atoms with Crippen LogP contribution < -0.4 is 4.90 Å². The summed E-state index contributed by atoms with van der Waals surface area (Å²) < 4.78 is 0. The highest BCUT2D eigenvalue weighted by Crippen LogP contribution is 2.42. The molecule has 0 aromatic carbocycles. The number of hydrogen-bond donors (Lipinski definition) is 1. The molecule has 3 nitrogen and oxygen atoms in total. The Morgan fingerprint density at radius 2 is 1.90 bits per heavy atom. The summed E-state index contributed by atoms with van der Waals surface area (Å²) >= 11 is 1.85. The molecule has 0 amide bonds. The number of thiazole rings is 1. The van der Waals surface area contributed by atoms with Gasteiger partial charge in [0.25, 0.3) is 0 Å². The molecule has 0 spiro atoms. The van der Waals surface area contributed by atoms with Crippen LogP contribution in [0.2, 0.25) is 0 Å². The molecule has 0 radical (unpaired) electrons. The minimum Gasteiger partial charge on any atom is -0.387 e. The number of aliphatic hydroxyl groups excluding tert-OH is 1. The zero-order valence-electron chi connectivity index (χ0n) is 12.1. The van der Waals surface area contributed by atoms with Gasteiger partial charge in [-0.3, -0.25) is 0 Å². The summed E-state index contributed by atoms with van der Waals surface area (Å²) in [7, 11) is 0. The first kappa shape index (κ1) is 13.1. The summed E-state index contributed by atoms with van der Waals surface area (Å²) in [4.78, 5) is 8.75. The molecule has 4 heteroatoms. The third kappa shape index (κ3) is 2.17. The topological polar surface area (TPSA) is 36.4 Å². The molecule has 1 N–H and O–H groups in total. The lowest BCUT2D eigenvalue weighted by Crippen LogP contribution is -2.34. The molecule has 2 atom stereocenters. The zero-order valence-corrected chi connectivity index (χ0v) is 12.9. The van der Waals surface area contributed by atoms with E-state index in [1.165, 1.54) is 55.1 Å². The predicted octanol–water partition coefficient (Wildman–Crippen LogP) is 3.67. The van der Waals surface area contributed by atoms with E-state index >= 15 is 0 Å². The Morgan fingerprint density at radius 3 is 2.70 bits per heavy atom. The number of fused-ring (bicyclic) bond motifs is 1. The Morgan fingerprint density at radius 1 is 1.05 bits per heavy atom. The smallest absolute Gasteiger partial charge is 0.186 e. The van der Waals surface area contributed by atoms with Gasteiger partial charge < -0.3 is 10.0 Å². The molecule has 1 saturated carbocycles. The molecule has 1 aliphatic heterocycles. The van der Waals surface area contributed by atoms with Gasteiger partial charge in [-0.15, -0.1) is 11.3 Å². The summed E-state index contributed by atoms with van der Waals surface area (Å²) in [6.07, 6.45) is 11.1. The molecule has 3 aliphatic rings. The number of hydrogen-bond acceptors (Lipinski definition) is 4. The van der Waals surface area contributed by atoms with Crippen molar-refractivity contribution in [3.05, 3.63) is 10.6 Å². The SMILES string of the molecule is OC1CCCc2sc(N3CCCC3C3CCCC3)nc21. The van der Waals surface area contributed by atoms with Gasteiger partial charge in [0, 0.05) is 17.5 Å². The van der Waals surface area contributed by atoms with Crippen molar-refractivity contribution < 1.29 is 5.11 Å². The average molecular weight is 292 g/mol. The highest BCUT2D eigenvalue weighted by atomic mass is 32.1. The predicted molar refractivity (Wildman–Crippen MR) is 82.3 cm³/mol. The first-order valence-electron chi connectivity index (χ1n) is 8.27. The summed E-state index contributed by atoms with van der Waals surface area (Å²) in [6.45, 7) is 1.17. The van der Waals surface area contributed by atoms with Crippen LogP contribution in [0.3, 0.4) is 0 Å². The van der Waals surface area contributed by atoms with Crippen molar-refractivity contribution >= 4 is 16.5 Å². The van der Waals surface area contributed by atoms with E-state index in [1.807, 2.05) is 11.3 Å². The molecule has 1 saturated heterocycles. The maximum atomic E-state index is 10.1. The van der Waals surface area contributed by atoms with E-state index in [9.17, 15) is 5.11 Å². The number of aromatic nitrogens is 1. The van der Waals surface area contributed by atoms with Crippen LogP contribution >= 0.6 is 11.3 Å². The van der Waals surface area contributed by atoms with Crippen molar-refractivity contribution in [2.75, 3.05) is 11.4 Å². The zero-order chi connectivity index (χ0) is 13.5. The molecule has 2 heterocycles. The van der Waals surface area contributed by atoms with Gasteiger partial charge in [-0.1, -0.05) is 12.8 Å². The van der Waals surface area contributed by atoms with Crippen LogP contribution in [-0.2, 0) is 6.42 Å². The second-order valence-corrected chi connectivity index (χ2v) is 7.72. The minimum atomic E-state index is -0.309. The fraction of sp³-hybridized carbons (Fsp3) is 0.812. The number of aliphatic hydroxyl groups is 1. The van der Waals surface area contributed by atoms with Gasteiger partial charge >= 0.3 is 0 Å². The number of anilines is 1. The van der Waals surface area contributed by atoms with Gasteiger partial charge in [0.15, 0.2) is 5.13 Å². The van der Waals surface area contributed by atoms with E-state index in [0.717, 1.165) is 36.9 Å². The van der Waals surface area contributed by atoms with Crippen LogP contribution in [0.1, 0.15) is 68.0 Å². The quantitative estimate of drug-likeness (QED) is 0.903. The van der Waals surface area contributed by atoms with Crippen LogP contribution in [0.15, 0.2) is 0 Å². The third-order valence-electron chi connectivity index (χ3n) is 5.40. The molecular formula is C16H24N2OS. The molecule has 0 bridgehead atoms. The van der Waals surface area contributed by atoms with Gasteiger partial charge in [0.1, 0.15) is 0 Å². The van der Waals surface area contributed by atoms with Gasteiger partial charge in [-0.2, -0.15) is 0 Å². The minimum absolute atomic E-state index is 0.309. The Bertz CT molecular complexity index is 481. The van der Waals surface area contributed by atoms with Crippen molar-refractivity contribution in [3.8, 4) is 0 Å². The first-order valence-corrected chi connectivity index (χ1v) is 9.09. The summed E-state index contributed by atoms with van der Waals surface area (Å²) in [6, 6.07) is 0.724. The van der Waals surface area contributed by atoms with Gasteiger partial charge in [-0.25, -0.2) is 4.98 Å². The normalized spacial score (nSPS) is 30.9. The molecule has 1 aromatic rings. The fourth-order valence-electron chi connectivity index (χ4n) is 4.37. The third-order valence-corrected chi connectivity index (χ3v) is 6.57. The van der Waals surface area contributed by atoms with Crippen molar-refractivity contribution in [3.63, 3.8) is 0 Å². The van der Waals surface area contributed by atoms with E-state index in [4.69, 9.17) is 4.98 Å². The second-order valence-electron chi connectivity index (χ2n) is 6.66. The van der Waals surface area contributed by atoms with E-state index < -0.39 is 0 Å². The van der Waals surface area contributed by atoms with Crippen LogP contribution in [0, 0.1) is 5.92 Å². The molecule has 2 aliphatic carbocycles. The van der Waals surface area contributed by atoms with E-state index in [0.29, 0.717) is 0 Å². The lowest BCUT2D eigenvalue weighted by Gasteiger charge is -2.29.